The maximum Gasteiger partial charge on any atom is 0.357 e. The van der Waals surface area contributed by atoms with Gasteiger partial charge in [0.1, 0.15) is 10.8 Å². The number of aryl methyl sites for hydroxylation is 1. The lowest BCUT2D eigenvalue weighted by Gasteiger charge is -2.05. The second-order valence-corrected chi connectivity index (χ2v) is 4.28. The maximum absolute atomic E-state index is 13.1. The molecule has 6 heteroatoms. The van der Waals surface area contributed by atoms with E-state index in [9.17, 15) is 9.18 Å². The molecule has 0 fully saturated rings. The van der Waals surface area contributed by atoms with Crippen LogP contribution in [0.15, 0.2) is 23.7 Å². The van der Waals surface area contributed by atoms with E-state index in [1.54, 1.807) is 19.1 Å². The van der Waals surface area contributed by atoms with Crippen molar-refractivity contribution in [2.75, 3.05) is 5.32 Å². The Bertz CT molecular complexity index is 568. The quantitative estimate of drug-likeness (QED) is 0.881. The maximum atomic E-state index is 13.1. The molecule has 0 unspecified atom stereocenters. The van der Waals surface area contributed by atoms with Gasteiger partial charge >= 0.3 is 5.97 Å². The summed E-state index contributed by atoms with van der Waals surface area (Å²) in [6.45, 7) is 1.64. The summed E-state index contributed by atoms with van der Waals surface area (Å²) in [5.41, 5.74) is 2.55. The zero-order valence-electron chi connectivity index (χ0n) is 8.90. The zero-order chi connectivity index (χ0) is 12.4. The van der Waals surface area contributed by atoms with E-state index in [1.165, 1.54) is 22.9 Å². The summed E-state index contributed by atoms with van der Waals surface area (Å²) in [4.78, 5) is 14.6. The van der Waals surface area contributed by atoms with E-state index in [0.717, 1.165) is 0 Å². The number of carbonyl (C=O) groups is 1. The molecule has 2 N–H and O–H groups in total. The lowest BCUT2D eigenvalue weighted by Crippen LogP contribution is -2.01. The van der Waals surface area contributed by atoms with Gasteiger partial charge in [0.05, 0.1) is 5.51 Å². The van der Waals surface area contributed by atoms with Crippen molar-refractivity contribution < 1.29 is 14.3 Å². The first-order valence-electron chi connectivity index (χ1n) is 4.78. The van der Waals surface area contributed by atoms with E-state index in [1.807, 2.05) is 0 Å². The molecule has 2 rings (SSSR count). The SMILES string of the molecule is Cc1cc(Nc2scnc2C(=O)O)ccc1F. The molecule has 0 aliphatic rings. The molecule has 4 nitrogen and oxygen atoms in total. The minimum absolute atomic E-state index is 0.0306. The third-order valence-corrected chi connectivity index (χ3v) is 2.93. The van der Waals surface area contributed by atoms with Crippen LogP contribution in [0.3, 0.4) is 0 Å². The summed E-state index contributed by atoms with van der Waals surface area (Å²) >= 11 is 1.19. The van der Waals surface area contributed by atoms with Crippen LogP contribution in [0.1, 0.15) is 16.1 Å². The molecule has 1 heterocycles. The molecule has 0 aliphatic carbocycles. The molecule has 0 amide bonds. The fourth-order valence-corrected chi connectivity index (χ4v) is 2.03. The number of hydrogen-bond donors (Lipinski definition) is 2. The molecule has 0 saturated carbocycles. The van der Waals surface area contributed by atoms with Crippen molar-refractivity contribution in [2.45, 2.75) is 6.92 Å². The number of thiazole rings is 1. The molecule has 0 spiro atoms. The van der Waals surface area contributed by atoms with Crippen LogP contribution in [0.25, 0.3) is 0 Å². The first-order valence-corrected chi connectivity index (χ1v) is 5.66. The van der Waals surface area contributed by atoms with Gasteiger partial charge in [-0.1, -0.05) is 0 Å². The van der Waals surface area contributed by atoms with Crippen LogP contribution in [0.5, 0.6) is 0 Å². The Morgan fingerprint density at radius 3 is 2.94 bits per heavy atom. The predicted octanol–water partition coefficient (Wildman–Crippen LogP) is 3.03. The Kier molecular flexibility index (Phi) is 3.06. The van der Waals surface area contributed by atoms with Gasteiger partial charge in [-0.15, -0.1) is 11.3 Å². The van der Waals surface area contributed by atoms with Crippen molar-refractivity contribution in [3.8, 4) is 0 Å². The Balaban J connectivity index is 2.28. The number of aromatic carboxylic acids is 1. The number of halogens is 1. The summed E-state index contributed by atoms with van der Waals surface area (Å²) in [5, 5.41) is 12.2. The lowest BCUT2D eigenvalue weighted by atomic mass is 10.2. The largest absolute Gasteiger partial charge is 0.476 e. The normalized spacial score (nSPS) is 10.2. The standard InChI is InChI=1S/C11H9FN2O2S/c1-6-4-7(2-3-8(6)12)14-10-9(11(15)16)13-5-17-10/h2-5,14H,1H3,(H,15,16). The van der Waals surface area contributed by atoms with E-state index >= 15 is 0 Å². The smallest absolute Gasteiger partial charge is 0.357 e. The Hall–Kier alpha value is -1.95. The molecule has 1 aromatic carbocycles. The zero-order valence-corrected chi connectivity index (χ0v) is 9.71. The molecule has 17 heavy (non-hydrogen) atoms. The summed E-state index contributed by atoms with van der Waals surface area (Å²) in [7, 11) is 0. The Morgan fingerprint density at radius 2 is 2.29 bits per heavy atom. The van der Waals surface area contributed by atoms with E-state index < -0.39 is 5.97 Å². The number of nitrogens with one attached hydrogen (secondary N) is 1. The fraction of sp³-hybridized carbons (Fsp3) is 0.0909. The minimum atomic E-state index is -1.09. The molecular formula is C11H9FN2O2S. The number of hydrogen-bond acceptors (Lipinski definition) is 4. The van der Waals surface area contributed by atoms with Crippen molar-refractivity contribution in [3.63, 3.8) is 0 Å². The molecule has 2 aromatic rings. The number of carboxylic acid groups (broad SMARTS) is 1. The summed E-state index contributed by atoms with van der Waals surface area (Å²) in [6.07, 6.45) is 0. The van der Waals surface area contributed by atoms with E-state index in [2.05, 4.69) is 10.3 Å². The summed E-state index contributed by atoms with van der Waals surface area (Å²) < 4.78 is 13.1. The summed E-state index contributed by atoms with van der Waals surface area (Å²) in [6, 6.07) is 4.49. The van der Waals surface area contributed by atoms with E-state index in [0.29, 0.717) is 16.3 Å². The average molecular weight is 252 g/mol. The first kappa shape index (κ1) is 11.5. The molecule has 0 radical (unpaired) electrons. The van der Waals surface area contributed by atoms with Gasteiger partial charge in [-0.25, -0.2) is 14.2 Å². The number of nitrogens with zero attached hydrogens (tertiary/aromatic N) is 1. The number of benzene rings is 1. The highest BCUT2D eigenvalue weighted by molar-refractivity contribution is 7.14. The van der Waals surface area contributed by atoms with Crippen LogP contribution in [0.2, 0.25) is 0 Å². The Morgan fingerprint density at radius 1 is 1.53 bits per heavy atom. The van der Waals surface area contributed by atoms with Gasteiger partial charge in [-0.2, -0.15) is 0 Å². The molecule has 0 saturated heterocycles. The van der Waals surface area contributed by atoms with Crippen LogP contribution in [-0.4, -0.2) is 16.1 Å². The molecular weight excluding hydrogens is 243 g/mol. The monoisotopic (exact) mass is 252 g/mol. The van der Waals surface area contributed by atoms with Crippen LogP contribution in [-0.2, 0) is 0 Å². The lowest BCUT2D eigenvalue weighted by molar-refractivity contribution is 0.0692. The average Bonchev–Trinajstić information content (AvgIpc) is 2.72. The third kappa shape index (κ3) is 2.42. The van der Waals surface area contributed by atoms with Gasteiger partial charge in [0.25, 0.3) is 0 Å². The van der Waals surface area contributed by atoms with Gasteiger partial charge < -0.3 is 10.4 Å². The van der Waals surface area contributed by atoms with Crippen LogP contribution in [0.4, 0.5) is 15.1 Å². The molecule has 1 aromatic heterocycles. The van der Waals surface area contributed by atoms with Crippen LogP contribution >= 0.6 is 11.3 Å². The van der Waals surface area contributed by atoms with Gasteiger partial charge in [0.2, 0.25) is 0 Å². The number of carboxylic acids is 1. The third-order valence-electron chi connectivity index (χ3n) is 2.19. The second-order valence-electron chi connectivity index (χ2n) is 3.42. The van der Waals surface area contributed by atoms with Crippen molar-refractivity contribution in [1.82, 2.24) is 4.98 Å². The van der Waals surface area contributed by atoms with Gasteiger partial charge in [-0.05, 0) is 30.7 Å². The van der Waals surface area contributed by atoms with E-state index in [-0.39, 0.29) is 11.5 Å². The Labute approximate surface area is 101 Å². The van der Waals surface area contributed by atoms with Crippen molar-refractivity contribution in [2.24, 2.45) is 0 Å². The molecule has 0 atom stereocenters. The first-order chi connectivity index (χ1) is 8.08. The van der Waals surface area contributed by atoms with Crippen molar-refractivity contribution in [1.29, 1.82) is 0 Å². The van der Waals surface area contributed by atoms with Crippen molar-refractivity contribution in [3.05, 3.63) is 40.8 Å². The van der Waals surface area contributed by atoms with Crippen LogP contribution in [0, 0.1) is 12.7 Å². The highest BCUT2D eigenvalue weighted by Gasteiger charge is 2.13. The van der Waals surface area contributed by atoms with Crippen LogP contribution < -0.4 is 5.32 Å². The number of anilines is 2. The topological polar surface area (TPSA) is 62.2 Å². The van der Waals surface area contributed by atoms with Gasteiger partial charge in [-0.3, -0.25) is 0 Å². The highest BCUT2D eigenvalue weighted by Crippen LogP contribution is 2.25. The summed E-state index contributed by atoms with van der Waals surface area (Å²) in [5.74, 6) is -1.38. The van der Waals surface area contributed by atoms with Gasteiger partial charge in [0, 0.05) is 5.69 Å². The van der Waals surface area contributed by atoms with E-state index in [4.69, 9.17) is 5.11 Å². The highest BCUT2D eigenvalue weighted by atomic mass is 32.1. The van der Waals surface area contributed by atoms with Crippen molar-refractivity contribution >= 4 is 28.0 Å². The van der Waals surface area contributed by atoms with Gasteiger partial charge in [0.15, 0.2) is 5.69 Å². The second kappa shape index (κ2) is 4.50. The molecule has 88 valence electrons. The molecule has 0 aliphatic heterocycles. The number of aromatic nitrogens is 1. The molecule has 0 bridgehead atoms. The minimum Gasteiger partial charge on any atom is -0.476 e. The predicted molar refractivity (Wildman–Crippen MR) is 63.5 cm³/mol. The number of rotatable bonds is 3. The fourth-order valence-electron chi connectivity index (χ4n) is 1.34.